The van der Waals surface area contributed by atoms with Crippen molar-refractivity contribution in [2.24, 2.45) is 0 Å². The molecule has 3 heterocycles. The maximum atomic E-state index is 13.6. The Morgan fingerprint density at radius 3 is 2.64 bits per heavy atom. The lowest BCUT2D eigenvalue weighted by Gasteiger charge is -2.15. The smallest absolute Gasteiger partial charge is 0.326 e. The number of aryl methyl sites for hydroxylation is 2. The molecule has 0 atom stereocenters. The minimum atomic E-state index is -0.543. The molecule has 1 aliphatic heterocycles. The second-order valence-electron chi connectivity index (χ2n) is 7.64. The zero-order valence-electron chi connectivity index (χ0n) is 18.5. The van der Waals surface area contributed by atoms with E-state index in [1.54, 1.807) is 47.3 Å². The summed E-state index contributed by atoms with van der Waals surface area (Å²) in [5.41, 5.74) is 2.09. The highest BCUT2D eigenvalue weighted by Crippen LogP contribution is 2.37. The summed E-state index contributed by atoms with van der Waals surface area (Å²) in [4.78, 5) is 28.0. The van der Waals surface area contributed by atoms with E-state index in [0.29, 0.717) is 22.8 Å². The van der Waals surface area contributed by atoms with Gasteiger partial charge < -0.3 is 9.84 Å². The highest BCUT2D eigenvalue weighted by Gasteiger charge is 2.46. The van der Waals surface area contributed by atoms with E-state index < -0.39 is 17.7 Å². The van der Waals surface area contributed by atoms with Crippen molar-refractivity contribution in [2.75, 3.05) is 20.3 Å². The predicted molar refractivity (Wildman–Crippen MR) is 120 cm³/mol. The Morgan fingerprint density at radius 1 is 1.18 bits per heavy atom. The molecule has 8 nitrogen and oxygen atoms in total. The van der Waals surface area contributed by atoms with Gasteiger partial charge in [-0.05, 0) is 43.5 Å². The molecule has 33 heavy (non-hydrogen) atoms. The summed E-state index contributed by atoms with van der Waals surface area (Å²) in [5, 5.41) is 18.5. The third-order valence-electron chi connectivity index (χ3n) is 5.42. The molecule has 2 aromatic heterocycles. The van der Waals surface area contributed by atoms with Crippen LogP contribution in [0, 0.1) is 6.92 Å². The van der Waals surface area contributed by atoms with E-state index in [4.69, 9.17) is 16.3 Å². The van der Waals surface area contributed by atoms with Crippen LogP contribution in [0.4, 0.5) is 0 Å². The summed E-state index contributed by atoms with van der Waals surface area (Å²) in [6.45, 7) is 3.99. The zero-order valence-corrected chi connectivity index (χ0v) is 19.3. The fourth-order valence-corrected chi connectivity index (χ4v) is 4.06. The van der Waals surface area contributed by atoms with Gasteiger partial charge in [0, 0.05) is 29.3 Å². The summed E-state index contributed by atoms with van der Waals surface area (Å²) >= 11 is 6.11. The Balaban J connectivity index is 1.97. The minimum Gasteiger partial charge on any atom is -0.858 e. The molecule has 2 amide bonds. The molecule has 4 rings (SSSR count). The number of carbonyl (C=O) groups excluding carboxylic acids is 2. The van der Waals surface area contributed by atoms with Crippen LogP contribution in [-0.2, 0) is 20.7 Å². The third-order valence-corrected chi connectivity index (χ3v) is 5.66. The molecule has 1 aromatic carbocycles. The van der Waals surface area contributed by atoms with Gasteiger partial charge in [-0.2, -0.15) is 9.67 Å². The van der Waals surface area contributed by atoms with Crippen molar-refractivity contribution in [2.45, 2.75) is 20.3 Å². The Morgan fingerprint density at radius 2 is 1.97 bits per heavy atom. The fourth-order valence-electron chi connectivity index (χ4n) is 3.87. The largest absolute Gasteiger partial charge is 0.858 e. The first-order valence-corrected chi connectivity index (χ1v) is 10.9. The Labute approximate surface area is 196 Å². The van der Waals surface area contributed by atoms with E-state index in [1.807, 2.05) is 19.9 Å². The lowest BCUT2D eigenvalue weighted by atomic mass is 10.0. The van der Waals surface area contributed by atoms with E-state index in [1.165, 1.54) is 11.8 Å². The topological polar surface area (TPSA) is 91.4 Å². The lowest BCUT2D eigenvalue weighted by molar-refractivity contribution is -0.577. The summed E-state index contributed by atoms with van der Waals surface area (Å²) in [5.74, 6) is -1.51. The number of hydrogen-bond donors (Lipinski definition) is 0. The highest BCUT2D eigenvalue weighted by molar-refractivity contribution is 6.45. The quantitative estimate of drug-likeness (QED) is 0.393. The first-order valence-electron chi connectivity index (χ1n) is 10.5. The van der Waals surface area contributed by atoms with Crippen molar-refractivity contribution in [3.8, 4) is 11.6 Å². The molecule has 9 heteroatoms. The van der Waals surface area contributed by atoms with Gasteiger partial charge in [0.1, 0.15) is 5.57 Å². The van der Waals surface area contributed by atoms with E-state index in [9.17, 15) is 14.7 Å². The molecule has 0 radical (unpaired) electrons. The van der Waals surface area contributed by atoms with Gasteiger partial charge in [-0.25, -0.2) is 4.68 Å². The first kappa shape index (κ1) is 22.7. The van der Waals surface area contributed by atoms with Crippen molar-refractivity contribution < 1.29 is 24.0 Å². The molecule has 1 aliphatic rings. The zero-order chi connectivity index (χ0) is 23.7. The molecule has 0 unspecified atom stereocenters. The number of hydrogen-bond acceptors (Lipinski definition) is 5. The average molecular weight is 467 g/mol. The molecule has 0 saturated heterocycles. The van der Waals surface area contributed by atoms with Crippen molar-refractivity contribution >= 4 is 34.7 Å². The van der Waals surface area contributed by atoms with Gasteiger partial charge in [0.2, 0.25) is 0 Å². The number of methoxy groups -OCH3 is 1. The number of halogens is 1. The van der Waals surface area contributed by atoms with Gasteiger partial charge >= 0.3 is 5.91 Å². The van der Waals surface area contributed by atoms with Crippen LogP contribution in [0.15, 0.2) is 48.8 Å². The summed E-state index contributed by atoms with van der Waals surface area (Å²) in [7, 11) is 1.50. The van der Waals surface area contributed by atoms with Crippen LogP contribution in [0.3, 0.4) is 0 Å². The van der Waals surface area contributed by atoms with Crippen LogP contribution in [0.25, 0.3) is 17.0 Å². The number of amides is 2. The summed E-state index contributed by atoms with van der Waals surface area (Å²) < 4.78 is 7.90. The number of carbonyl (C=O) groups is 2. The van der Waals surface area contributed by atoms with Crippen LogP contribution in [0.2, 0.25) is 5.02 Å². The SMILES string of the molecule is CCc1nn(-c2cccc(Cl)c2)c([O-])c1C1=C([n+]2cccc(C)c2)C(=O)N(CCOC)C1=O. The van der Waals surface area contributed by atoms with E-state index in [2.05, 4.69) is 5.10 Å². The molecular weight excluding hydrogens is 444 g/mol. The standard InChI is InChI=1S/C24H23ClN4O4/c1-4-18-19(23(31)29(26-18)17-9-5-8-16(25)13-17)20-21(27-10-6-7-15(2)14-27)24(32)28(22(20)30)11-12-33-3/h5-10,13-14H,4,11-12H2,1-3H3. The fraction of sp³-hybridized carbons (Fsp3) is 0.250. The van der Waals surface area contributed by atoms with Gasteiger partial charge in [0.25, 0.3) is 11.6 Å². The monoisotopic (exact) mass is 466 g/mol. The van der Waals surface area contributed by atoms with E-state index in [-0.39, 0.29) is 30.0 Å². The van der Waals surface area contributed by atoms with E-state index in [0.717, 1.165) is 10.5 Å². The highest BCUT2D eigenvalue weighted by atomic mass is 35.5. The maximum absolute atomic E-state index is 13.6. The number of pyridine rings is 1. The molecule has 0 N–H and O–H groups in total. The normalized spacial score (nSPS) is 14.0. The molecule has 0 fully saturated rings. The number of benzene rings is 1. The third kappa shape index (κ3) is 4.03. The Bertz CT molecular complexity index is 1280. The number of nitrogens with zero attached hydrogens (tertiary/aromatic N) is 4. The lowest BCUT2D eigenvalue weighted by Crippen LogP contribution is -2.40. The summed E-state index contributed by atoms with van der Waals surface area (Å²) in [6.07, 6.45) is 3.83. The first-order chi connectivity index (χ1) is 15.9. The van der Waals surface area contributed by atoms with Crippen molar-refractivity contribution in [1.29, 1.82) is 0 Å². The maximum Gasteiger partial charge on any atom is 0.326 e. The average Bonchev–Trinajstić information content (AvgIpc) is 3.24. The Hall–Kier alpha value is -3.49. The van der Waals surface area contributed by atoms with Gasteiger partial charge in [0.15, 0.2) is 12.4 Å². The van der Waals surface area contributed by atoms with Crippen LogP contribution in [0.5, 0.6) is 5.88 Å². The van der Waals surface area contributed by atoms with Gasteiger partial charge in [-0.15, -0.1) is 0 Å². The van der Waals surface area contributed by atoms with Crippen molar-refractivity contribution in [3.05, 3.63) is 70.6 Å². The summed E-state index contributed by atoms with van der Waals surface area (Å²) in [6, 6.07) is 10.4. The number of aromatic nitrogens is 3. The van der Waals surface area contributed by atoms with Crippen molar-refractivity contribution in [3.63, 3.8) is 0 Å². The molecule has 3 aromatic rings. The Kier molecular flexibility index (Phi) is 6.31. The second-order valence-corrected chi connectivity index (χ2v) is 8.08. The molecule has 0 bridgehead atoms. The van der Waals surface area contributed by atoms with E-state index >= 15 is 0 Å². The predicted octanol–water partition coefficient (Wildman–Crippen LogP) is 2.14. The molecule has 0 spiro atoms. The van der Waals surface area contributed by atoms with Gasteiger partial charge in [-0.3, -0.25) is 14.5 Å². The second kappa shape index (κ2) is 9.17. The number of ether oxygens (including phenoxy) is 1. The van der Waals surface area contributed by atoms with Crippen LogP contribution in [-0.4, -0.2) is 46.8 Å². The molecular formula is C24H23ClN4O4. The van der Waals surface area contributed by atoms with Crippen molar-refractivity contribution in [1.82, 2.24) is 14.7 Å². The minimum absolute atomic E-state index is 0.0434. The number of imide groups is 1. The van der Waals surface area contributed by atoms with Crippen LogP contribution in [0.1, 0.15) is 23.7 Å². The number of rotatable bonds is 7. The molecule has 0 saturated carbocycles. The van der Waals surface area contributed by atoms with Gasteiger partial charge in [-0.1, -0.05) is 24.6 Å². The van der Waals surface area contributed by atoms with Crippen LogP contribution >= 0.6 is 11.6 Å². The van der Waals surface area contributed by atoms with Gasteiger partial charge in [0.05, 0.1) is 24.5 Å². The molecule has 0 aliphatic carbocycles. The molecule has 170 valence electrons. The van der Waals surface area contributed by atoms with Crippen LogP contribution < -0.4 is 9.67 Å².